The number of likely N-dealkylation sites (N-methyl/N-ethyl adjacent to an activating group) is 1. The number of hydrogen-bond donors (Lipinski definition) is 1. The molecule has 1 heterocycles. The summed E-state index contributed by atoms with van der Waals surface area (Å²) in [6.45, 7) is 2.49. The van der Waals surface area contributed by atoms with Crippen molar-refractivity contribution in [3.63, 3.8) is 0 Å². The Hall–Kier alpha value is -0.340. The number of hydrogen-bond acceptors (Lipinski definition) is 2. The molecule has 0 spiro atoms. The van der Waals surface area contributed by atoms with Gasteiger partial charge in [-0.1, -0.05) is 12.2 Å². The molecule has 12 heavy (non-hydrogen) atoms. The van der Waals surface area contributed by atoms with Gasteiger partial charge in [0.15, 0.2) is 0 Å². The highest BCUT2D eigenvalue weighted by Gasteiger charge is 2.22. The fourth-order valence-electron chi connectivity index (χ4n) is 2.16. The summed E-state index contributed by atoms with van der Waals surface area (Å²) in [5, 5.41) is 3.70. The Bertz CT molecular complexity index is 169. The molecular formula is C10H18N2. The minimum atomic E-state index is 0.737. The van der Waals surface area contributed by atoms with E-state index < -0.39 is 0 Å². The van der Waals surface area contributed by atoms with Crippen LogP contribution in [0.5, 0.6) is 0 Å². The van der Waals surface area contributed by atoms with Crippen LogP contribution in [0.3, 0.4) is 0 Å². The summed E-state index contributed by atoms with van der Waals surface area (Å²) in [6.07, 6.45) is 8.38. The molecule has 68 valence electrons. The fraction of sp³-hybridized carbons (Fsp3) is 0.800. The molecule has 1 aliphatic heterocycles. The lowest BCUT2D eigenvalue weighted by Crippen LogP contribution is -2.38. The second-order valence-corrected chi connectivity index (χ2v) is 4.05. The van der Waals surface area contributed by atoms with Gasteiger partial charge in [0.1, 0.15) is 0 Å². The maximum atomic E-state index is 3.70. The molecule has 0 amide bonds. The van der Waals surface area contributed by atoms with Crippen LogP contribution in [0.15, 0.2) is 12.2 Å². The Morgan fingerprint density at radius 1 is 1.25 bits per heavy atom. The van der Waals surface area contributed by atoms with Crippen LogP contribution in [0.2, 0.25) is 0 Å². The van der Waals surface area contributed by atoms with E-state index in [4.69, 9.17) is 0 Å². The summed E-state index contributed by atoms with van der Waals surface area (Å²) in [7, 11) is 2.20. The van der Waals surface area contributed by atoms with Crippen molar-refractivity contribution >= 4 is 0 Å². The van der Waals surface area contributed by atoms with E-state index in [-0.39, 0.29) is 0 Å². The summed E-state index contributed by atoms with van der Waals surface area (Å²) in [5.41, 5.74) is 0. The fourth-order valence-corrected chi connectivity index (χ4v) is 2.16. The molecule has 2 heteroatoms. The lowest BCUT2D eigenvalue weighted by atomic mass is 10.2. The minimum absolute atomic E-state index is 0.737. The molecule has 0 aromatic carbocycles. The predicted octanol–water partition coefficient (Wildman–Crippen LogP) is 0.999. The van der Waals surface area contributed by atoms with Gasteiger partial charge in [-0.3, -0.25) is 0 Å². The topological polar surface area (TPSA) is 15.3 Å². The highest BCUT2D eigenvalue weighted by Crippen LogP contribution is 2.13. The highest BCUT2D eigenvalue weighted by atomic mass is 15.2. The van der Waals surface area contributed by atoms with Crippen LogP contribution in [0.4, 0.5) is 0 Å². The van der Waals surface area contributed by atoms with Gasteiger partial charge < -0.3 is 10.2 Å². The monoisotopic (exact) mass is 166 g/mol. The minimum Gasteiger partial charge on any atom is -0.309 e. The molecule has 2 aliphatic rings. The van der Waals surface area contributed by atoms with E-state index in [1.807, 2.05) is 0 Å². The van der Waals surface area contributed by atoms with E-state index in [0.29, 0.717) is 0 Å². The molecule has 1 saturated heterocycles. The van der Waals surface area contributed by atoms with Crippen molar-refractivity contribution in [2.24, 2.45) is 0 Å². The number of nitrogens with zero attached hydrogens (tertiary/aromatic N) is 1. The Morgan fingerprint density at radius 3 is 2.58 bits per heavy atom. The third-order valence-corrected chi connectivity index (χ3v) is 2.87. The molecule has 2 rings (SSSR count). The van der Waals surface area contributed by atoms with Crippen LogP contribution in [-0.2, 0) is 0 Å². The van der Waals surface area contributed by atoms with Crippen molar-refractivity contribution in [1.82, 2.24) is 10.2 Å². The molecule has 1 unspecified atom stereocenters. The van der Waals surface area contributed by atoms with E-state index >= 15 is 0 Å². The van der Waals surface area contributed by atoms with Crippen molar-refractivity contribution in [3.05, 3.63) is 12.2 Å². The number of likely N-dealkylation sites (tertiary alicyclic amines) is 1. The van der Waals surface area contributed by atoms with Gasteiger partial charge in [-0.15, -0.1) is 0 Å². The van der Waals surface area contributed by atoms with Gasteiger partial charge >= 0.3 is 0 Å². The van der Waals surface area contributed by atoms with Crippen LogP contribution in [0.1, 0.15) is 19.3 Å². The Balaban J connectivity index is 1.73. The third kappa shape index (κ3) is 1.87. The molecule has 1 atom stereocenters. The first-order valence-corrected chi connectivity index (χ1v) is 4.94. The maximum absolute atomic E-state index is 3.70. The molecule has 0 saturated carbocycles. The smallest absolute Gasteiger partial charge is 0.0209 e. The van der Waals surface area contributed by atoms with Crippen molar-refractivity contribution in [2.45, 2.75) is 31.3 Å². The van der Waals surface area contributed by atoms with Gasteiger partial charge in [0, 0.05) is 18.6 Å². The van der Waals surface area contributed by atoms with Crippen LogP contribution in [0, 0.1) is 0 Å². The normalized spacial score (nSPS) is 31.9. The summed E-state index contributed by atoms with van der Waals surface area (Å²) < 4.78 is 0. The summed E-state index contributed by atoms with van der Waals surface area (Å²) in [5.74, 6) is 0. The molecule has 1 aliphatic carbocycles. The van der Waals surface area contributed by atoms with Crippen molar-refractivity contribution in [3.8, 4) is 0 Å². The molecule has 0 radical (unpaired) electrons. The first-order valence-electron chi connectivity index (χ1n) is 4.94. The molecule has 0 aromatic rings. The average Bonchev–Trinajstić information content (AvgIpc) is 2.63. The second-order valence-electron chi connectivity index (χ2n) is 4.05. The second kappa shape index (κ2) is 3.58. The lowest BCUT2D eigenvalue weighted by Gasteiger charge is -2.18. The van der Waals surface area contributed by atoms with Crippen LogP contribution >= 0.6 is 0 Å². The lowest BCUT2D eigenvalue weighted by molar-refractivity contribution is 0.383. The average molecular weight is 166 g/mol. The summed E-state index contributed by atoms with van der Waals surface area (Å²) in [4.78, 5) is 2.40. The zero-order chi connectivity index (χ0) is 8.39. The Kier molecular flexibility index (Phi) is 2.47. The van der Waals surface area contributed by atoms with Crippen molar-refractivity contribution in [1.29, 1.82) is 0 Å². The zero-order valence-electron chi connectivity index (χ0n) is 7.79. The SMILES string of the molecule is CN1CCC(NC2CC=CC2)C1. The van der Waals surface area contributed by atoms with E-state index in [0.717, 1.165) is 12.1 Å². The van der Waals surface area contributed by atoms with Gasteiger partial charge in [-0.25, -0.2) is 0 Å². The summed E-state index contributed by atoms with van der Waals surface area (Å²) >= 11 is 0. The van der Waals surface area contributed by atoms with Crippen LogP contribution in [-0.4, -0.2) is 37.1 Å². The molecule has 2 nitrogen and oxygen atoms in total. The maximum Gasteiger partial charge on any atom is 0.0209 e. The van der Waals surface area contributed by atoms with Gasteiger partial charge in [-0.05, 0) is 32.9 Å². The first kappa shape index (κ1) is 8.27. The van der Waals surface area contributed by atoms with Crippen LogP contribution in [0.25, 0.3) is 0 Å². The van der Waals surface area contributed by atoms with E-state index in [2.05, 4.69) is 29.4 Å². The van der Waals surface area contributed by atoms with Crippen LogP contribution < -0.4 is 5.32 Å². The Morgan fingerprint density at radius 2 is 2.00 bits per heavy atom. The third-order valence-electron chi connectivity index (χ3n) is 2.87. The van der Waals surface area contributed by atoms with Gasteiger partial charge in [-0.2, -0.15) is 0 Å². The molecular weight excluding hydrogens is 148 g/mol. The quantitative estimate of drug-likeness (QED) is 0.616. The largest absolute Gasteiger partial charge is 0.309 e. The predicted molar refractivity (Wildman–Crippen MR) is 51.2 cm³/mol. The van der Waals surface area contributed by atoms with E-state index in [9.17, 15) is 0 Å². The molecule has 0 bridgehead atoms. The first-order chi connectivity index (χ1) is 5.84. The van der Waals surface area contributed by atoms with E-state index in [1.54, 1.807) is 0 Å². The van der Waals surface area contributed by atoms with Gasteiger partial charge in [0.2, 0.25) is 0 Å². The number of rotatable bonds is 2. The van der Waals surface area contributed by atoms with Gasteiger partial charge in [0.25, 0.3) is 0 Å². The van der Waals surface area contributed by atoms with Crippen molar-refractivity contribution < 1.29 is 0 Å². The Labute approximate surface area is 74.6 Å². The molecule has 0 aromatic heterocycles. The molecule has 1 N–H and O–H groups in total. The number of nitrogens with one attached hydrogen (secondary N) is 1. The summed E-state index contributed by atoms with van der Waals surface area (Å²) in [6, 6.07) is 1.49. The van der Waals surface area contributed by atoms with E-state index in [1.165, 1.54) is 32.4 Å². The zero-order valence-corrected chi connectivity index (χ0v) is 7.79. The van der Waals surface area contributed by atoms with Crippen molar-refractivity contribution in [2.75, 3.05) is 20.1 Å². The molecule has 1 fully saturated rings. The van der Waals surface area contributed by atoms with Gasteiger partial charge in [0.05, 0.1) is 0 Å². The standard InChI is InChI=1S/C10H18N2/c1-12-7-6-10(8-12)11-9-4-2-3-5-9/h2-3,9-11H,4-8H2,1H3. The highest BCUT2D eigenvalue weighted by molar-refractivity contribution is 4.99.